The topological polar surface area (TPSA) is 30.7 Å². The van der Waals surface area contributed by atoms with E-state index in [1.54, 1.807) is 0 Å². The quantitative estimate of drug-likeness (QED) is 0.358. The third kappa shape index (κ3) is 3.56. The molecule has 1 aliphatic rings. The largest absolute Gasteiger partial charge is 0.469 e. The molecule has 0 N–H and O–H groups in total. The molecule has 2 atom stereocenters. The van der Waals surface area contributed by atoms with Crippen LogP contribution in [0, 0.1) is 6.92 Å². The molecule has 0 amide bonds. The van der Waals surface area contributed by atoms with Crippen molar-refractivity contribution in [2.45, 2.75) is 18.8 Å². The molecule has 3 heteroatoms. The van der Waals surface area contributed by atoms with Crippen molar-refractivity contribution >= 4 is 23.1 Å². The molecule has 2 aromatic carbocycles. The van der Waals surface area contributed by atoms with Crippen LogP contribution in [0.3, 0.4) is 0 Å². The number of aryl methyl sites for hydroxylation is 1. The van der Waals surface area contributed by atoms with E-state index in [-0.39, 0.29) is 11.9 Å². The fraction of sp³-hybridized carbons (Fsp3) is 0.138. The van der Waals surface area contributed by atoms with Gasteiger partial charge in [0.1, 0.15) is 0 Å². The number of hydrogen-bond donors (Lipinski definition) is 0. The van der Waals surface area contributed by atoms with E-state index in [1.807, 2.05) is 36.4 Å². The van der Waals surface area contributed by atoms with Gasteiger partial charge in [-0.1, -0.05) is 78.9 Å². The normalized spacial score (nSPS) is 17.9. The highest BCUT2D eigenvalue weighted by Crippen LogP contribution is 2.46. The second kappa shape index (κ2) is 8.35. The van der Waals surface area contributed by atoms with E-state index in [4.69, 9.17) is 4.74 Å². The summed E-state index contributed by atoms with van der Waals surface area (Å²) < 4.78 is 7.47. The van der Waals surface area contributed by atoms with Crippen LogP contribution in [0.5, 0.6) is 0 Å². The summed E-state index contributed by atoms with van der Waals surface area (Å²) >= 11 is 0. The van der Waals surface area contributed by atoms with Crippen LogP contribution < -0.4 is 0 Å². The van der Waals surface area contributed by atoms with Gasteiger partial charge in [-0.3, -0.25) is 4.79 Å². The number of allylic oxidation sites excluding steroid dienone is 3. The second-order valence-corrected chi connectivity index (χ2v) is 8.25. The van der Waals surface area contributed by atoms with E-state index in [9.17, 15) is 4.79 Å². The van der Waals surface area contributed by atoms with Crippen LogP contribution in [0.2, 0.25) is 0 Å². The fourth-order valence-electron chi connectivity index (χ4n) is 4.66. The number of rotatable bonds is 4. The molecule has 0 radical (unpaired) electrons. The third-order valence-electron chi connectivity index (χ3n) is 6.18. The number of benzene rings is 2. The van der Waals surface area contributed by atoms with Gasteiger partial charge < -0.3 is 9.14 Å². The molecule has 3 nitrogen and oxygen atoms in total. The fourth-order valence-corrected chi connectivity index (χ4v) is 4.66. The summed E-state index contributed by atoms with van der Waals surface area (Å²) in [5.41, 5.74) is 7.66. The van der Waals surface area contributed by atoms with Gasteiger partial charge in [-0.05, 0) is 52.9 Å². The van der Waals surface area contributed by atoms with Gasteiger partial charge in [-0.25, -0.2) is 0 Å². The Bertz CT molecular complexity index is 1330. The maximum absolute atomic E-state index is 13.1. The van der Waals surface area contributed by atoms with Gasteiger partial charge in [0.15, 0.2) is 0 Å². The van der Waals surface area contributed by atoms with Crippen molar-refractivity contribution < 1.29 is 9.53 Å². The van der Waals surface area contributed by atoms with Gasteiger partial charge >= 0.3 is 5.97 Å². The van der Waals surface area contributed by atoms with Crippen molar-refractivity contribution in [3.63, 3.8) is 0 Å². The predicted molar refractivity (Wildman–Crippen MR) is 130 cm³/mol. The lowest BCUT2D eigenvalue weighted by Gasteiger charge is -2.29. The lowest BCUT2D eigenvalue weighted by molar-refractivity contribution is -0.142. The molecule has 0 saturated heterocycles. The molecule has 0 aliphatic heterocycles. The van der Waals surface area contributed by atoms with E-state index >= 15 is 0 Å². The summed E-state index contributed by atoms with van der Waals surface area (Å²) in [6.45, 7) is 2.09. The molecule has 2 aromatic heterocycles. The third-order valence-corrected chi connectivity index (χ3v) is 6.18. The molecule has 0 unspecified atom stereocenters. The highest BCUT2D eigenvalue weighted by atomic mass is 16.5. The van der Waals surface area contributed by atoms with Crippen molar-refractivity contribution in [2.24, 2.45) is 0 Å². The number of ether oxygens (including phenoxy) is 1. The number of esters is 1. The van der Waals surface area contributed by atoms with E-state index in [2.05, 4.69) is 78.2 Å². The molecule has 32 heavy (non-hydrogen) atoms. The van der Waals surface area contributed by atoms with Gasteiger partial charge in [-0.2, -0.15) is 0 Å². The summed E-state index contributed by atoms with van der Waals surface area (Å²) in [6.07, 6.45) is 8.59. The SMILES string of the molecule is COC(=O)[C@H]1c2cc3cc(C)ccn3c2C(/C=C/c2ccccc2)=C[C@@H]1c1ccccc1. The average Bonchev–Trinajstić information content (AvgIpc) is 3.21. The lowest BCUT2D eigenvalue weighted by Crippen LogP contribution is -2.24. The van der Waals surface area contributed by atoms with Crippen LogP contribution in [0.4, 0.5) is 0 Å². The Morgan fingerprint density at radius 2 is 1.66 bits per heavy atom. The first-order chi connectivity index (χ1) is 15.7. The van der Waals surface area contributed by atoms with E-state index < -0.39 is 5.92 Å². The van der Waals surface area contributed by atoms with Crippen LogP contribution >= 0.6 is 0 Å². The highest BCUT2D eigenvalue weighted by Gasteiger charge is 2.38. The number of hydrogen-bond acceptors (Lipinski definition) is 2. The second-order valence-electron chi connectivity index (χ2n) is 8.25. The van der Waals surface area contributed by atoms with Gasteiger partial charge in [0, 0.05) is 17.6 Å². The molecule has 2 heterocycles. The van der Waals surface area contributed by atoms with Gasteiger partial charge in [0.2, 0.25) is 0 Å². The first-order valence-corrected chi connectivity index (χ1v) is 10.9. The van der Waals surface area contributed by atoms with Crippen molar-refractivity contribution in [2.75, 3.05) is 7.11 Å². The Balaban J connectivity index is 1.74. The zero-order chi connectivity index (χ0) is 22.1. The summed E-state index contributed by atoms with van der Waals surface area (Å²) in [6, 6.07) is 26.9. The van der Waals surface area contributed by atoms with Crippen LogP contribution in [0.25, 0.3) is 17.2 Å². The van der Waals surface area contributed by atoms with Crippen molar-refractivity contribution in [1.29, 1.82) is 0 Å². The number of carbonyl (C=O) groups excluding carboxylic acids is 1. The maximum Gasteiger partial charge on any atom is 0.314 e. The van der Waals surface area contributed by atoms with E-state index in [1.165, 1.54) is 12.7 Å². The van der Waals surface area contributed by atoms with E-state index in [0.717, 1.165) is 33.5 Å². The first kappa shape index (κ1) is 20.1. The van der Waals surface area contributed by atoms with Crippen LogP contribution in [0.15, 0.2) is 97.2 Å². The minimum Gasteiger partial charge on any atom is -0.469 e. The van der Waals surface area contributed by atoms with Crippen LogP contribution in [0.1, 0.15) is 39.8 Å². The van der Waals surface area contributed by atoms with Gasteiger partial charge in [-0.15, -0.1) is 0 Å². The molecule has 0 spiro atoms. The molecular formula is C29H25NO2. The monoisotopic (exact) mass is 419 g/mol. The molecule has 0 bridgehead atoms. The Morgan fingerprint density at radius 3 is 2.38 bits per heavy atom. The predicted octanol–water partition coefficient (Wildman–Crippen LogP) is 6.40. The highest BCUT2D eigenvalue weighted by molar-refractivity contribution is 5.91. The Hall–Kier alpha value is -3.85. The Labute approximate surface area is 188 Å². The van der Waals surface area contributed by atoms with Gasteiger partial charge in [0.25, 0.3) is 0 Å². The summed E-state index contributed by atoms with van der Waals surface area (Å²) in [7, 11) is 1.47. The number of aromatic nitrogens is 1. The summed E-state index contributed by atoms with van der Waals surface area (Å²) in [5.74, 6) is -0.716. The van der Waals surface area contributed by atoms with Gasteiger partial charge in [0.05, 0.1) is 18.7 Å². The first-order valence-electron chi connectivity index (χ1n) is 10.9. The van der Waals surface area contributed by atoms with Crippen LogP contribution in [-0.2, 0) is 9.53 Å². The molecule has 0 fully saturated rings. The standard InChI is InChI=1S/C29H25NO2/c1-20-15-16-30-24(17-20)19-26-27(29(31)32-2)25(22-11-7-4-8-12-22)18-23(28(26)30)14-13-21-9-5-3-6-10-21/h3-19,25,27H,1-2H3/b14-13+/t25-,27-/m1/s1. The molecule has 158 valence electrons. The van der Waals surface area contributed by atoms with Crippen molar-refractivity contribution in [3.05, 3.63) is 125 Å². The number of methoxy groups -OCH3 is 1. The number of fused-ring (bicyclic) bond motifs is 3. The van der Waals surface area contributed by atoms with E-state index in [0.29, 0.717) is 0 Å². The van der Waals surface area contributed by atoms with Crippen molar-refractivity contribution in [3.8, 4) is 0 Å². The molecular weight excluding hydrogens is 394 g/mol. The number of carbonyl (C=O) groups is 1. The Morgan fingerprint density at radius 1 is 0.938 bits per heavy atom. The minimum atomic E-state index is -0.397. The lowest BCUT2D eigenvalue weighted by atomic mass is 9.75. The average molecular weight is 420 g/mol. The molecule has 5 rings (SSSR count). The Kier molecular flexibility index (Phi) is 5.24. The smallest absolute Gasteiger partial charge is 0.314 e. The zero-order valence-electron chi connectivity index (χ0n) is 18.2. The summed E-state index contributed by atoms with van der Waals surface area (Å²) in [5, 5.41) is 0. The molecule has 4 aromatic rings. The van der Waals surface area contributed by atoms with Crippen LogP contribution in [-0.4, -0.2) is 17.5 Å². The molecule has 1 aliphatic carbocycles. The number of nitrogens with zero attached hydrogens (tertiary/aromatic N) is 1. The minimum absolute atomic E-state index is 0.106. The maximum atomic E-state index is 13.1. The molecule has 0 saturated carbocycles. The number of pyridine rings is 1. The van der Waals surface area contributed by atoms with Crippen molar-refractivity contribution in [1.82, 2.24) is 4.40 Å². The zero-order valence-corrected chi connectivity index (χ0v) is 18.2. The summed E-state index contributed by atoms with van der Waals surface area (Å²) in [4.78, 5) is 13.1.